The molecule has 1 unspecified atom stereocenters. The molecule has 0 aliphatic rings. The lowest BCUT2D eigenvalue weighted by Gasteiger charge is -2.28. The van der Waals surface area contributed by atoms with Gasteiger partial charge in [-0.3, -0.25) is 4.79 Å². The van der Waals surface area contributed by atoms with Gasteiger partial charge in [0.05, 0.1) is 11.3 Å². The van der Waals surface area contributed by atoms with Crippen molar-refractivity contribution in [1.82, 2.24) is 14.7 Å². The van der Waals surface area contributed by atoms with Crippen molar-refractivity contribution in [2.75, 3.05) is 6.54 Å². The van der Waals surface area contributed by atoms with Crippen LogP contribution in [0.1, 0.15) is 40.9 Å². The lowest BCUT2D eigenvalue weighted by atomic mass is 10.00. The van der Waals surface area contributed by atoms with Crippen molar-refractivity contribution >= 4 is 23.8 Å². The SMILES string of the molecule is CCCN(C(=O)c1ccc(C)cc1)C(C=O)c1c(-c2ccccc2)nn(-c2ccc(Cl)cc2)c1O. The topological polar surface area (TPSA) is 75.4 Å². The molecule has 178 valence electrons. The van der Waals surface area contributed by atoms with Crippen molar-refractivity contribution in [3.63, 3.8) is 0 Å². The number of hydrogen-bond donors (Lipinski definition) is 1. The summed E-state index contributed by atoms with van der Waals surface area (Å²) < 4.78 is 1.37. The van der Waals surface area contributed by atoms with Gasteiger partial charge in [-0.25, -0.2) is 4.68 Å². The molecule has 4 aromatic rings. The van der Waals surface area contributed by atoms with Crippen molar-refractivity contribution in [1.29, 1.82) is 0 Å². The smallest absolute Gasteiger partial charge is 0.254 e. The third kappa shape index (κ3) is 4.98. The third-order valence-corrected chi connectivity index (χ3v) is 6.05. The Balaban J connectivity index is 1.88. The summed E-state index contributed by atoms with van der Waals surface area (Å²) in [5, 5.41) is 16.6. The van der Waals surface area contributed by atoms with Crippen LogP contribution in [0.5, 0.6) is 5.88 Å². The Morgan fingerprint density at radius 2 is 1.71 bits per heavy atom. The Morgan fingerprint density at radius 1 is 1.06 bits per heavy atom. The number of aldehydes is 1. The highest BCUT2D eigenvalue weighted by molar-refractivity contribution is 6.30. The molecular weight excluding hydrogens is 462 g/mol. The average molecular weight is 488 g/mol. The summed E-state index contributed by atoms with van der Waals surface area (Å²) in [5.74, 6) is -0.498. The number of hydrogen-bond acceptors (Lipinski definition) is 4. The fourth-order valence-electron chi connectivity index (χ4n) is 4.03. The maximum atomic E-state index is 13.5. The van der Waals surface area contributed by atoms with E-state index in [-0.39, 0.29) is 17.4 Å². The van der Waals surface area contributed by atoms with Gasteiger partial charge in [-0.05, 0) is 49.7 Å². The molecule has 4 rings (SSSR count). The summed E-state index contributed by atoms with van der Waals surface area (Å²) in [7, 11) is 0. The van der Waals surface area contributed by atoms with Gasteiger partial charge < -0.3 is 14.8 Å². The maximum absolute atomic E-state index is 13.5. The first kappa shape index (κ1) is 24.2. The number of rotatable bonds is 8. The van der Waals surface area contributed by atoms with Crippen LogP contribution in [-0.4, -0.2) is 38.5 Å². The number of halogens is 1. The summed E-state index contributed by atoms with van der Waals surface area (Å²) in [6.45, 7) is 4.21. The van der Waals surface area contributed by atoms with E-state index in [1.807, 2.05) is 56.3 Å². The number of benzene rings is 3. The Kier molecular flexibility index (Phi) is 7.32. The van der Waals surface area contributed by atoms with Gasteiger partial charge in [0.25, 0.3) is 5.91 Å². The summed E-state index contributed by atoms with van der Waals surface area (Å²) in [6.07, 6.45) is 1.33. The van der Waals surface area contributed by atoms with E-state index in [0.29, 0.717) is 41.2 Å². The molecule has 3 aromatic carbocycles. The van der Waals surface area contributed by atoms with Gasteiger partial charge in [0.2, 0.25) is 5.88 Å². The molecule has 1 heterocycles. The summed E-state index contributed by atoms with van der Waals surface area (Å²) in [4.78, 5) is 27.6. The van der Waals surface area contributed by atoms with E-state index in [0.717, 1.165) is 11.1 Å². The Bertz CT molecular complexity index is 1320. The third-order valence-electron chi connectivity index (χ3n) is 5.80. The van der Waals surface area contributed by atoms with E-state index in [4.69, 9.17) is 11.6 Å². The molecule has 0 fully saturated rings. The zero-order valence-corrected chi connectivity index (χ0v) is 20.3. The van der Waals surface area contributed by atoms with Crippen LogP contribution < -0.4 is 0 Å². The largest absolute Gasteiger partial charge is 0.493 e. The van der Waals surface area contributed by atoms with Crippen LogP contribution in [0.4, 0.5) is 0 Å². The van der Waals surface area contributed by atoms with Gasteiger partial charge in [-0.1, -0.05) is 66.6 Å². The van der Waals surface area contributed by atoms with Crippen molar-refractivity contribution in [3.8, 4) is 22.8 Å². The quantitative estimate of drug-likeness (QED) is 0.309. The molecule has 1 aromatic heterocycles. The normalized spacial score (nSPS) is 11.7. The van der Waals surface area contributed by atoms with Crippen molar-refractivity contribution < 1.29 is 14.7 Å². The molecule has 6 nitrogen and oxygen atoms in total. The molecule has 0 spiro atoms. The fourth-order valence-corrected chi connectivity index (χ4v) is 4.16. The maximum Gasteiger partial charge on any atom is 0.254 e. The van der Waals surface area contributed by atoms with Crippen LogP contribution in [0.3, 0.4) is 0 Å². The zero-order chi connectivity index (χ0) is 24.9. The van der Waals surface area contributed by atoms with Crippen LogP contribution in [-0.2, 0) is 4.79 Å². The van der Waals surface area contributed by atoms with E-state index < -0.39 is 6.04 Å². The van der Waals surface area contributed by atoms with Gasteiger partial charge >= 0.3 is 0 Å². The molecule has 0 saturated carbocycles. The first-order valence-electron chi connectivity index (χ1n) is 11.4. The molecule has 0 radical (unpaired) electrons. The minimum absolute atomic E-state index is 0.207. The fraction of sp³-hybridized carbons (Fsp3) is 0.179. The Morgan fingerprint density at radius 3 is 2.31 bits per heavy atom. The predicted molar refractivity (Wildman–Crippen MR) is 137 cm³/mol. The highest BCUT2D eigenvalue weighted by atomic mass is 35.5. The monoisotopic (exact) mass is 487 g/mol. The van der Waals surface area contributed by atoms with E-state index in [1.54, 1.807) is 36.4 Å². The molecule has 7 heteroatoms. The minimum Gasteiger partial charge on any atom is -0.493 e. The Hall–Kier alpha value is -3.90. The lowest BCUT2D eigenvalue weighted by Crippen LogP contribution is -2.36. The predicted octanol–water partition coefficient (Wildman–Crippen LogP) is 6.00. The summed E-state index contributed by atoms with van der Waals surface area (Å²) in [5.41, 5.74) is 3.50. The molecule has 0 bridgehead atoms. The molecule has 0 aliphatic carbocycles. The molecule has 0 saturated heterocycles. The van der Waals surface area contributed by atoms with Gasteiger partial charge in [0.15, 0.2) is 0 Å². The van der Waals surface area contributed by atoms with Crippen molar-refractivity contribution in [2.24, 2.45) is 0 Å². The van der Waals surface area contributed by atoms with Crippen LogP contribution in [0.2, 0.25) is 5.02 Å². The summed E-state index contributed by atoms with van der Waals surface area (Å²) in [6, 6.07) is 22.3. The number of aromatic hydroxyl groups is 1. The minimum atomic E-state index is -1.04. The number of carbonyl (C=O) groups is 2. The van der Waals surface area contributed by atoms with Crippen LogP contribution in [0.15, 0.2) is 78.9 Å². The first-order chi connectivity index (χ1) is 16.9. The van der Waals surface area contributed by atoms with Gasteiger partial charge in [0.1, 0.15) is 18.0 Å². The van der Waals surface area contributed by atoms with Gasteiger partial charge in [-0.15, -0.1) is 0 Å². The Labute approximate surface area is 209 Å². The highest BCUT2D eigenvalue weighted by Gasteiger charge is 2.33. The van der Waals surface area contributed by atoms with Gasteiger partial charge in [-0.2, -0.15) is 5.10 Å². The van der Waals surface area contributed by atoms with E-state index in [2.05, 4.69) is 5.10 Å². The van der Waals surface area contributed by atoms with Crippen LogP contribution in [0.25, 0.3) is 16.9 Å². The average Bonchev–Trinajstić information content (AvgIpc) is 3.22. The van der Waals surface area contributed by atoms with Crippen LogP contribution >= 0.6 is 11.6 Å². The van der Waals surface area contributed by atoms with E-state index in [1.165, 1.54) is 9.58 Å². The van der Waals surface area contributed by atoms with Crippen molar-refractivity contribution in [3.05, 3.63) is 101 Å². The molecule has 35 heavy (non-hydrogen) atoms. The number of carbonyl (C=O) groups excluding carboxylic acids is 2. The number of amides is 1. The molecule has 1 N–H and O–H groups in total. The standard InChI is InChI=1S/C28H26ClN3O3/c1-3-17-31(27(34)21-11-9-19(2)10-12-21)24(18-33)25-26(20-7-5-4-6-8-20)30-32(28(25)35)23-15-13-22(29)14-16-23/h4-16,18,24,35H,3,17H2,1-2H3. The highest BCUT2D eigenvalue weighted by Crippen LogP contribution is 2.38. The second kappa shape index (κ2) is 10.6. The van der Waals surface area contributed by atoms with E-state index in [9.17, 15) is 14.7 Å². The molecule has 1 amide bonds. The first-order valence-corrected chi connectivity index (χ1v) is 11.8. The number of aromatic nitrogens is 2. The van der Waals surface area contributed by atoms with Crippen molar-refractivity contribution in [2.45, 2.75) is 26.3 Å². The number of nitrogens with zero attached hydrogens (tertiary/aromatic N) is 3. The second-order valence-corrected chi connectivity index (χ2v) is 8.72. The van der Waals surface area contributed by atoms with Gasteiger partial charge in [0, 0.05) is 22.7 Å². The zero-order valence-electron chi connectivity index (χ0n) is 19.6. The summed E-state index contributed by atoms with van der Waals surface area (Å²) >= 11 is 6.04. The number of aryl methyl sites for hydroxylation is 1. The molecular formula is C28H26ClN3O3. The molecule has 0 aliphatic heterocycles. The van der Waals surface area contributed by atoms with Crippen LogP contribution in [0, 0.1) is 6.92 Å². The second-order valence-electron chi connectivity index (χ2n) is 8.29. The molecule has 1 atom stereocenters. The van der Waals surface area contributed by atoms with E-state index >= 15 is 0 Å². The lowest BCUT2D eigenvalue weighted by molar-refractivity contribution is -0.112.